The van der Waals surface area contributed by atoms with E-state index in [-0.39, 0.29) is 0 Å². The molecule has 9 aromatic rings. The molecule has 0 saturated carbocycles. The van der Waals surface area contributed by atoms with Crippen LogP contribution >= 0.6 is 0 Å². The normalized spacial score (nSPS) is 14.5. The van der Waals surface area contributed by atoms with E-state index in [2.05, 4.69) is 200 Å². The minimum Gasteiger partial charge on any atom is -0.456 e. The summed E-state index contributed by atoms with van der Waals surface area (Å²) in [5.41, 5.74) is 9.02. The summed E-state index contributed by atoms with van der Waals surface area (Å²) in [5.74, 6) is 0.538. The summed E-state index contributed by atoms with van der Waals surface area (Å²) in [5, 5.41) is 10.8. The van der Waals surface area contributed by atoms with Crippen molar-refractivity contribution in [1.82, 2.24) is 4.57 Å². The van der Waals surface area contributed by atoms with Crippen LogP contribution in [-0.4, -0.2) is 12.6 Å². The van der Waals surface area contributed by atoms with Gasteiger partial charge in [-0.05, 0) is 74.2 Å². The van der Waals surface area contributed by atoms with E-state index in [4.69, 9.17) is 4.42 Å². The Morgan fingerprint density at radius 3 is 1.84 bits per heavy atom. The first-order chi connectivity index (χ1) is 27.2. The molecule has 55 heavy (non-hydrogen) atoms. The lowest BCUT2D eigenvalue weighted by molar-refractivity contribution is 0.552. The van der Waals surface area contributed by atoms with Crippen LogP contribution < -0.4 is 10.4 Å². The molecule has 1 aliphatic rings. The largest absolute Gasteiger partial charge is 0.456 e. The third-order valence-electron chi connectivity index (χ3n) is 12.1. The molecule has 0 aliphatic carbocycles. The molecular formula is C52H43NOSi-. The third kappa shape index (κ3) is 5.29. The van der Waals surface area contributed by atoms with Crippen molar-refractivity contribution >= 4 is 67.4 Å². The van der Waals surface area contributed by atoms with Gasteiger partial charge in [0, 0.05) is 27.2 Å². The van der Waals surface area contributed by atoms with Crippen molar-refractivity contribution in [2.75, 3.05) is 0 Å². The van der Waals surface area contributed by atoms with Crippen molar-refractivity contribution in [3.63, 3.8) is 0 Å². The average molecular weight is 726 g/mol. The van der Waals surface area contributed by atoms with E-state index in [1.54, 1.807) is 5.20 Å². The predicted octanol–water partition coefficient (Wildman–Crippen LogP) is 12.8. The van der Waals surface area contributed by atoms with Gasteiger partial charge in [0.15, 0.2) is 0 Å². The number of hydrogen-bond acceptors (Lipinski definition) is 1. The number of furan rings is 1. The fraction of sp³-hybridized carbons (Fsp3) is 0.115. The average Bonchev–Trinajstić information content (AvgIpc) is 3.93. The van der Waals surface area contributed by atoms with E-state index >= 15 is 0 Å². The van der Waals surface area contributed by atoms with Gasteiger partial charge in [-0.2, -0.15) is 20.8 Å². The van der Waals surface area contributed by atoms with Gasteiger partial charge in [-0.3, -0.25) is 0 Å². The molecule has 10 rings (SSSR count). The molecule has 0 fully saturated rings. The molecular weight excluding hydrogens is 683 g/mol. The highest BCUT2D eigenvalue weighted by atomic mass is 28.3. The Kier molecular flexibility index (Phi) is 8.26. The Labute approximate surface area is 323 Å². The molecule has 1 unspecified atom stereocenters. The third-order valence-corrected chi connectivity index (χ3v) is 17.2. The second-order valence-corrected chi connectivity index (χ2v) is 18.8. The van der Waals surface area contributed by atoms with Crippen LogP contribution in [0.4, 0.5) is 0 Å². The van der Waals surface area contributed by atoms with Crippen molar-refractivity contribution in [3.8, 4) is 16.8 Å². The van der Waals surface area contributed by atoms with E-state index in [0.717, 1.165) is 39.6 Å². The fourth-order valence-corrected chi connectivity index (χ4v) is 15.1. The van der Waals surface area contributed by atoms with Crippen molar-refractivity contribution in [2.45, 2.75) is 33.1 Å². The number of para-hydroxylation sites is 2. The van der Waals surface area contributed by atoms with E-state index in [1.165, 1.54) is 61.3 Å². The first kappa shape index (κ1) is 33.4. The molecule has 0 radical (unpaired) electrons. The van der Waals surface area contributed by atoms with E-state index in [9.17, 15) is 0 Å². The molecule has 3 heterocycles. The van der Waals surface area contributed by atoms with Gasteiger partial charge >= 0.3 is 0 Å². The summed E-state index contributed by atoms with van der Waals surface area (Å²) in [7, 11) is -2.57. The van der Waals surface area contributed by atoms with Gasteiger partial charge in [0.05, 0.1) is 11.0 Å². The number of benzene rings is 7. The summed E-state index contributed by atoms with van der Waals surface area (Å²) in [6, 6.07) is 62.6. The Balaban J connectivity index is 1.10. The number of nitrogens with zero attached hydrogens (tertiary/aromatic N) is 1. The minimum atomic E-state index is -2.57. The Hall–Kier alpha value is -6.16. The van der Waals surface area contributed by atoms with Crippen LogP contribution in [0.1, 0.15) is 38.7 Å². The van der Waals surface area contributed by atoms with Crippen molar-refractivity contribution in [1.29, 1.82) is 0 Å². The van der Waals surface area contributed by atoms with E-state index in [1.807, 2.05) is 0 Å². The number of hydrogen-bond donors (Lipinski definition) is 0. The molecule has 2 nitrogen and oxygen atoms in total. The zero-order valence-electron chi connectivity index (χ0n) is 31.4. The quantitative estimate of drug-likeness (QED) is 0.136. The molecule has 2 aromatic heterocycles. The standard InChI is InChI=1S/C52H43NOSi/c1-3-16-36(4-2)51-31-32-52(55(51,41-19-10-6-11-20-41)42-21-12-7-13-22-42)39-27-30-49-46(33-39)45-29-26-38(35-50(45)54-49)37-25-28-44-43-23-14-15-24-47(43)53(48(44)34-37)40-17-8-5-9-18-40/h5-15,17-36H,3-4,16H2,1-2H3/q-1. The summed E-state index contributed by atoms with van der Waals surface area (Å²) >= 11 is 0. The zero-order valence-corrected chi connectivity index (χ0v) is 32.4. The second-order valence-electron chi connectivity index (χ2n) is 15.0. The number of fused-ring (bicyclic) bond motifs is 6. The molecule has 3 heteroatoms. The molecule has 0 bridgehead atoms. The van der Waals surface area contributed by atoms with Crippen LogP contribution in [0.25, 0.3) is 65.8 Å². The summed E-state index contributed by atoms with van der Waals surface area (Å²) < 4.78 is 9.05. The maximum Gasteiger partial charge on any atom is 0.136 e. The molecule has 267 valence electrons. The molecule has 7 aromatic carbocycles. The predicted molar refractivity (Wildman–Crippen MR) is 236 cm³/mol. The molecule has 0 amide bonds. The van der Waals surface area contributed by atoms with Crippen molar-refractivity contribution in [3.05, 3.63) is 193 Å². The van der Waals surface area contributed by atoms with Gasteiger partial charge in [-0.1, -0.05) is 172 Å². The minimum absolute atomic E-state index is 0.538. The van der Waals surface area contributed by atoms with Gasteiger partial charge in [-0.25, -0.2) is 0 Å². The Bertz CT molecular complexity index is 2870. The Morgan fingerprint density at radius 1 is 0.509 bits per heavy atom. The lowest BCUT2D eigenvalue weighted by Gasteiger charge is -2.50. The number of aromatic nitrogens is 1. The van der Waals surface area contributed by atoms with Crippen LogP contribution in [0.5, 0.6) is 0 Å². The van der Waals surface area contributed by atoms with Gasteiger partial charge < -0.3 is 8.98 Å². The van der Waals surface area contributed by atoms with Gasteiger partial charge in [0.1, 0.15) is 11.2 Å². The van der Waals surface area contributed by atoms with Gasteiger partial charge in [-0.15, -0.1) is 0 Å². The lowest BCUT2D eigenvalue weighted by atomic mass is 10.00. The number of allylic oxidation sites excluding steroid dienone is 3. The number of rotatable bonds is 9. The highest BCUT2D eigenvalue weighted by Gasteiger charge is 2.37. The van der Waals surface area contributed by atoms with Crippen molar-refractivity contribution < 1.29 is 4.42 Å². The van der Waals surface area contributed by atoms with Crippen LogP contribution in [0, 0.1) is 5.92 Å². The van der Waals surface area contributed by atoms with E-state index in [0.29, 0.717) is 5.92 Å². The monoisotopic (exact) mass is 725 g/mol. The lowest BCUT2D eigenvalue weighted by Crippen LogP contribution is -2.61. The highest BCUT2D eigenvalue weighted by molar-refractivity contribution is 7.20. The summed E-state index contributed by atoms with van der Waals surface area (Å²) in [6.45, 7) is 4.69. The summed E-state index contributed by atoms with van der Waals surface area (Å²) in [4.78, 5) is 0. The van der Waals surface area contributed by atoms with Crippen LogP contribution in [0.2, 0.25) is 0 Å². The fourth-order valence-electron chi connectivity index (χ4n) is 9.58. The van der Waals surface area contributed by atoms with E-state index < -0.39 is 8.07 Å². The maximum atomic E-state index is 6.66. The first-order valence-corrected chi connectivity index (χ1v) is 21.8. The highest BCUT2D eigenvalue weighted by Crippen LogP contribution is 2.44. The van der Waals surface area contributed by atoms with Crippen LogP contribution in [0.15, 0.2) is 192 Å². The van der Waals surface area contributed by atoms with Gasteiger partial charge in [0.2, 0.25) is 0 Å². The van der Waals surface area contributed by atoms with Gasteiger partial charge in [0.25, 0.3) is 0 Å². The van der Waals surface area contributed by atoms with Crippen LogP contribution in [-0.2, 0) is 0 Å². The maximum absolute atomic E-state index is 6.66. The zero-order chi connectivity index (χ0) is 36.9. The van der Waals surface area contributed by atoms with Crippen LogP contribution in [0.3, 0.4) is 0 Å². The molecule has 1 atom stereocenters. The smallest absolute Gasteiger partial charge is 0.136 e. The topological polar surface area (TPSA) is 18.1 Å². The summed E-state index contributed by atoms with van der Waals surface area (Å²) in [6.07, 6.45) is 8.49. The Morgan fingerprint density at radius 2 is 1.13 bits per heavy atom. The molecule has 0 N–H and O–H groups in total. The second kappa shape index (κ2) is 13.6. The first-order valence-electron chi connectivity index (χ1n) is 19.8. The van der Waals surface area contributed by atoms with Crippen molar-refractivity contribution in [2.24, 2.45) is 5.92 Å². The molecule has 1 aliphatic heterocycles. The SMILES string of the molecule is CCCC(CC)C1=CC=C(c2ccc3oc4cc(-c5ccc6c7ccccc7n(-c7ccccc7)c6c5)ccc4c3c2)[Si-]1(c1ccccc1)c1ccccc1. The molecule has 0 saturated heterocycles. The molecule has 0 spiro atoms.